The number of aliphatic hydroxyl groups is 1. The summed E-state index contributed by atoms with van der Waals surface area (Å²) >= 11 is 0. The molecule has 0 aliphatic carbocycles. The second-order valence-corrected chi connectivity index (χ2v) is 6.79. The fourth-order valence-corrected chi connectivity index (χ4v) is 3.26. The summed E-state index contributed by atoms with van der Waals surface area (Å²) in [7, 11) is 0. The van der Waals surface area contributed by atoms with Gasteiger partial charge in [0.2, 0.25) is 0 Å². The van der Waals surface area contributed by atoms with E-state index in [4.69, 9.17) is 4.74 Å². The summed E-state index contributed by atoms with van der Waals surface area (Å²) in [6.07, 6.45) is -3.68. The number of hydrogen-bond acceptors (Lipinski definition) is 4. The molecule has 2 N–H and O–H groups in total. The number of nitrogens with zero attached hydrogens (tertiary/aromatic N) is 1. The number of ether oxygens (including phenoxy) is 1. The highest BCUT2D eigenvalue weighted by Crippen LogP contribution is 2.36. The van der Waals surface area contributed by atoms with Gasteiger partial charge in [0.15, 0.2) is 0 Å². The van der Waals surface area contributed by atoms with E-state index in [1.807, 2.05) is 0 Å². The molecule has 2 aromatic rings. The summed E-state index contributed by atoms with van der Waals surface area (Å²) in [5, 5.41) is 20.1. The van der Waals surface area contributed by atoms with Crippen LogP contribution in [0.3, 0.4) is 0 Å². The van der Waals surface area contributed by atoms with Crippen LogP contribution in [0.15, 0.2) is 48.5 Å². The van der Waals surface area contributed by atoms with E-state index in [2.05, 4.69) is 4.90 Å². The number of rotatable bonds is 5. The first kappa shape index (κ1) is 19.5. The van der Waals surface area contributed by atoms with Crippen LogP contribution in [-0.4, -0.2) is 41.4 Å². The van der Waals surface area contributed by atoms with Crippen molar-refractivity contribution in [2.45, 2.75) is 24.6 Å². The molecule has 27 heavy (non-hydrogen) atoms. The summed E-state index contributed by atoms with van der Waals surface area (Å²) in [5.41, 5.74) is -1.66. The maximum Gasteiger partial charge on any atom is 0.416 e. The van der Waals surface area contributed by atoms with Crippen molar-refractivity contribution in [3.8, 4) is 11.5 Å². The maximum atomic E-state index is 12.9. The quantitative estimate of drug-likeness (QED) is 0.828. The van der Waals surface area contributed by atoms with Crippen molar-refractivity contribution >= 4 is 0 Å². The molecule has 7 heteroatoms. The lowest BCUT2D eigenvalue weighted by Crippen LogP contribution is -2.44. The molecular weight excluding hydrogens is 359 g/mol. The van der Waals surface area contributed by atoms with E-state index in [0.717, 1.165) is 12.1 Å². The number of aromatic hydroxyl groups is 1. The largest absolute Gasteiger partial charge is 0.508 e. The number of phenols is 1. The number of alkyl halides is 3. The second kappa shape index (κ2) is 7.78. The lowest BCUT2D eigenvalue weighted by atomic mass is 9.84. The SMILES string of the molecule is Oc1ccc(OCCN2CCC(O)(c3cccc(C(F)(F)F)c3)CC2)cc1. The van der Waals surface area contributed by atoms with Gasteiger partial charge in [-0.15, -0.1) is 0 Å². The normalized spacial score (nSPS) is 17.6. The Kier molecular flexibility index (Phi) is 5.62. The van der Waals surface area contributed by atoms with E-state index in [9.17, 15) is 23.4 Å². The summed E-state index contributed by atoms with van der Waals surface area (Å²) < 4.78 is 44.3. The Morgan fingerprint density at radius 3 is 2.33 bits per heavy atom. The second-order valence-electron chi connectivity index (χ2n) is 6.79. The molecule has 0 unspecified atom stereocenters. The molecule has 0 radical (unpaired) electrons. The van der Waals surface area contributed by atoms with Crippen molar-refractivity contribution in [1.29, 1.82) is 0 Å². The van der Waals surface area contributed by atoms with Crippen molar-refractivity contribution < 1.29 is 28.1 Å². The van der Waals surface area contributed by atoms with Crippen molar-refractivity contribution in [3.05, 3.63) is 59.7 Å². The molecule has 0 amide bonds. The van der Waals surface area contributed by atoms with E-state index in [1.54, 1.807) is 30.3 Å². The first-order valence-corrected chi connectivity index (χ1v) is 8.81. The number of likely N-dealkylation sites (tertiary alicyclic amines) is 1. The van der Waals surface area contributed by atoms with E-state index in [1.165, 1.54) is 6.07 Å². The van der Waals surface area contributed by atoms with Crippen LogP contribution in [0.25, 0.3) is 0 Å². The highest BCUT2D eigenvalue weighted by molar-refractivity contribution is 5.31. The van der Waals surface area contributed by atoms with Gasteiger partial charge < -0.3 is 14.9 Å². The summed E-state index contributed by atoms with van der Waals surface area (Å²) in [6.45, 7) is 2.25. The molecule has 2 aromatic carbocycles. The molecule has 0 aromatic heterocycles. The molecule has 1 heterocycles. The molecule has 1 fully saturated rings. The molecule has 1 saturated heterocycles. The lowest BCUT2D eigenvalue weighted by molar-refractivity contribution is -0.137. The molecule has 0 saturated carbocycles. The van der Waals surface area contributed by atoms with Crippen molar-refractivity contribution in [2.75, 3.05) is 26.2 Å². The predicted octanol–water partition coefficient (Wildman–Crippen LogP) is 3.77. The standard InChI is InChI=1S/C20H22F3NO3/c21-20(22,23)16-3-1-2-15(14-16)19(26)8-10-24(11-9-19)12-13-27-18-6-4-17(25)5-7-18/h1-7,14,25-26H,8-13H2. The van der Waals surface area contributed by atoms with Crippen LogP contribution >= 0.6 is 0 Å². The van der Waals surface area contributed by atoms with E-state index >= 15 is 0 Å². The Morgan fingerprint density at radius 2 is 1.70 bits per heavy atom. The van der Waals surface area contributed by atoms with Gasteiger partial charge in [0, 0.05) is 19.6 Å². The first-order valence-electron chi connectivity index (χ1n) is 8.81. The molecule has 1 aliphatic heterocycles. The topological polar surface area (TPSA) is 52.9 Å². The van der Waals surface area contributed by atoms with Gasteiger partial charge in [-0.3, -0.25) is 4.90 Å². The van der Waals surface area contributed by atoms with Crippen LogP contribution in [0.2, 0.25) is 0 Å². The minimum atomic E-state index is -4.42. The van der Waals surface area contributed by atoms with E-state index in [0.29, 0.717) is 50.4 Å². The molecule has 1 aliphatic rings. The number of piperidine rings is 1. The van der Waals surface area contributed by atoms with Gasteiger partial charge in [-0.25, -0.2) is 0 Å². The highest BCUT2D eigenvalue weighted by atomic mass is 19.4. The fraction of sp³-hybridized carbons (Fsp3) is 0.400. The van der Waals surface area contributed by atoms with Gasteiger partial charge in [0.05, 0.1) is 11.2 Å². The monoisotopic (exact) mass is 381 g/mol. The zero-order valence-corrected chi connectivity index (χ0v) is 14.7. The number of phenolic OH excluding ortho intramolecular Hbond substituents is 1. The van der Waals surface area contributed by atoms with Gasteiger partial charge in [-0.05, 0) is 54.8 Å². The van der Waals surface area contributed by atoms with Crippen molar-refractivity contribution in [1.82, 2.24) is 4.90 Å². The van der Waals surface area contributed by atoms with Crippen molar-refractivity contribution in [2.24, 2.45) is 0 Å². The summed E-state index contributed by atoms with van der Waals surface area (Å²) in [6, 6.07) is 11.4. The Bertz CT molecular complexity index is 754. The van der Waals surface area contributed by atoms with E-state index < -0.39 is 17.3 Å². The molecular formula is C20H22F3NO3. The Labute approximate surface area is 155 Å². The third kappa shape index (κ3) is 4.93. The first-order chi connectivity index (χ1) is 12.8. The summed E-state index contributed by atoms with van der Waals surface area (Å²) in [5.74, 6) is 0.831. The van der Waals surface area contributed by atoms with Crippen LogP contribution in [0.5, 0.6) is 11.5 Å². The maximum absolute atomic E-state index is 12.9. The molecule has 4 nitrogen and oxygen atoms in total. The minimum absolute atomic E-state index is 0.173. The fourth-order valence-electron chi connectivity index (χ4n) is 3.26. The third-order valence-electron chi connectivity index (χ3n) is 4.92. The van der Waals surface area contributed by atoms with E-state index in [-0.39, 0.29) is 5.75 Å². The van der Waals surface area contributed by atoms with Crippen LogP contribution in [0.4, 0.5) is 13.2 Å². The zero-order chi connectivity index (χ0) is 19.5. The predicted molar refractivity (Wildman–Crippen MR) is 94.6 cm³/mol. The van der Waals surface area contributed by atoms with Gasteiger partial charge in [-0.2, -0.15) is 13.2 Å². The molecule has 0 spiro atoms. The minimum Gasteiger partial charge on any atom is -0.508 e. The highest BCUT2D eigenvalue weighted by Gasteiger charge is 2.36. The van der Waals surface area contributed by atoms with Crippen molar-refractivity contribution in [3.63, 3.8) is 0 Å². The van der Waals surface area contributed by atoms with Gasteiger partial charge in [0.25, 0.3) is 0 Å². The van der Waals surface area contributed by atoms with Crippen LogP contribution in [-0.2, 0) is 11.8 Å². The van der Waals surface area contributed by atoms with Gasteiger partial charge >= 0.3 is 6.18 Å². The van der Waals surface area contributed by atoms with Crippen LogP contribution < -0.4 is 4.74 Å². The smallest absolute Gasteiger partial charge is 0.416 e. The molecule has 3 rings (SSSR count). The Balaban J connectivity index is 1.52. The lowest BCUT2D eigenvalue weighted by Gasteiger charge is -2.38. The Morgan fingerprint density at radius 1 is 1.04 bits per heavy atom. The summed E-state index contributed by atoms with van der Waals surface area (Å²) in [4.78, 5) is 2.11. The Hall–Kier alpha value is -2.25. The number of hydrogen-bond donors (Lipinski definition) is 2. The molecule has 0 atom stereocenters. The van der Waals surface area contributed by atoms with Gasteiger partial charge in [-0.1, -0.05) is 12.1 Å². The number of halogens is 3. The zero-order valence-electron chi connectivity index (χ0n) is 14.7. The average molecular weight is 381 g/mol. The van der Waals surface area contributed by atoms with Crippen LogP contribution in [0.1, 0.15) is 24.0 Å². The van der Waals surface area contributed by atoms with Gasteiger partial charge in [0.1, 0.15) is 18.1 Å². The van der Waals surface area contributed by atoms with Crippen LogP contribution in [0, 0.1) is 0 Å². The molecule has 146 valence electrons. The number of benzene rings is 2. The third-order valence-corrected chi connectivity index (χ3v) is 4.92. The molecule has 0 bridgehead atoms. The average Bonchev–Trinajstić information content (AvgIpc) is 2.64.